The van der Waals surface area contributed by atoms with Gasteiger partial charge in [-0.25, -0.2) is 4.98 Å². The molecule has 1 heterocycles. The van der Waals surface area contributed by atoms with Crippen LogP contribution in [0.3, 0.4) is 0 Å². The molecule has 0 bridgehead atoms. The first-order chi connectivity index (χ1) is 9.66. The van der Waals surface area contributed by atoms with Crippen LogP contribution in [-0.4, -0.2) is 42.7 Å². The number of carbonyl (C=O) groups is 1. The quantitative estimate of drug-likeness (QED) is 0.768. The van der Waals surface area contributed by atoms with Gasteiger partial charge in [0.15, 0.2) is 5.69 Å². The Labute approximate surface area is 118 Å². The van der Waals surface area contributed by atoms with Crippen molar-refractivity contribution in [2.45, 2.75) is 37.7 Å². The summed E-state index contributed by atoms with van der Waals surface area (Å²) in [6.45, 7) is 0. The summed E-state index contributed by atoms with van der Waals surface area (Å²) in [6, 6.07) is 0. The van der Waals surface area contributed by atoms with E-state index in [9.17, 15) is 4.79 Å². The molecular weight excluding hydrogens is 260 g/mol. The Bertz CT molecular complexity index is 484. The van der Waals surface area contributed by atoms with Crippen LogP contribution in [0.25, 0.3) is 0 Å². The summed E-state index contributed by atoms with van der Waals surface area (Å²) >= 11 is 0. The monoisotopic (exact) mass is 280 g/mol. The van der Waals surface area contributed by atoms with Gasteiger partial charge in [0.2, 0.25) is 17.5 Å². The van der Waals surface area contributed by atoms with E-state index in [2.05, 4.69) is 9.97 Å². The molecule has 0 radical (unpaired) electrons. The Morgan fingerprint density at radius 2 is 1.85 bits per heavy atom. The minimum Gasteiger partial charge on any atom is -0.480 e. The van der Waals surface area contributed by atoms with E-state index in [0.717, 1.165) is 19.3 Å². The molecule has 0 aromatic carbocycles. The van der Waals surface area contributed by atoms with Crippen molar-refractivity contribution in [3.05, 3.63) is 11.9 Å². The smallest absolute Gasteiger partial charge is 0.246 e. The van der Waals surface area contributed by atoms with Crippen LogP contribution in [-0.2, 0) is 4.74 Å². The van der Waals surface area contributed by atoms with Gasteiger partial charge >= 0.3 is 0 Å². The molecule has 20 heavy (non-hydrogen) atoms. The van der Waals surface area contributed by atoms with Crippen LogP contribution < -0.4 is 9.47 Å². The Kier molecular flexibility index (Phi) is 4.54. The fraction of sp³-hybridized carbons (Fsp3) is 0.643. The second kappa shape index (κ2) is 6.17. The van der Waals surface area contributed by atoms with Gasteiger partial charge in [-0.05, 0) is 12.8 Å². The largest absolute Gasteiger partial charge is 0.480 e. The average Bonchev–Trinajstić information content (AvgIpc) is 2.54. The molecule has 1 aromatic heterocycles. The molecule has 6 nitrogen and oxygen atoms in total. The van der Waals surface area contributed by atoms with Crippen LogP contribution in [0.15, 0.2) is 6.20 Å². The molecule has 1 saturated carbocycles. The lowest BCUT2D eigenvalue weighted by atomic mass is 9.80. The first-order valence-electron chi connectivity index (χ1n) is 6.72. The molecule has 0 aliphatic heterocycles. The Morgan fingerprint density at radius 1 is 1.15 bits per heavy atom. The predicted molar refractivity (Wildman–Crippen MR) is 72.3 cm³/mol. The van der Waals surface area contributed by atoms with Crippen LogP contribution in [0.4, 0.5) is 0 Å². The highest BCUT2D eigenvalue weighted by Crippen LogP contribution is 2.35. The Hall–Kier alpha value is -1.69. The zero-order valence-corrected chi connectivity index (χ0v) is 12.1. The van der Waals surface area contributed by atoms with Gasteiger partial charge in [-0.2, -0.15) is 4.98 Å². The summed E-state index contributed by atoms with van der Waals surface area (Å²) in [6.07, 6.45) is 5.92. The molecule has 0 N–H and O–H groups in total. The molecular formula is C14H20N2O4. The molecule has 1 aromatic rings. The van der Waals surface area contributed by atoms with E-state index in [1.165, 1.54) is 20.4 Å². The number of nitrogens with zero attached hydrogens (tertiary/aromatic N) is 2. The van der Waals surface area contributed by atoms with Crippen molar-refractivity contribution in [2.75, 3.05) is 21.3 Å². The molecule has 0 amide bonds. The SMILES string of the molecule is COc1cnc(C(=O)C2(OC)CCCCC2)c(OC)n1. The third-order valence-corrected chi connectivity index (χ3v) is 3.80. The molecule has 1 fully saturated rings. The van der Waals surface area contributed by atoms with Crippen LogP contribution in [0.1, 0.15) is 42.6 Å². The highest BCUT2D eigenvalue weighted by molar-refractivity contribution is 6.02. The summed E-state index contributed by atoms with van der Waals surface area (Å²) in [7, 11) is 4.52. The van der Waals surface area contributed by atoms with E-state index in [0.29, 0.717) is 18.7 Å². The second-order valence-corrected chi connectivity index (χ2v) is 4.86. The molecule has 2 rings (SSSR count). The number of Topliss-reactive ketones (excluding diaryl/α,β-unsaturated/α-hetero) is 1. The summed E-state index contributed by atoms with van der Waals surface area (Å²) in [5, 5.41) is 0. The normalized spacial score (nSPS) is 17.6. The number of ketones is 1. The fourth-order valence-electron chi connectivity index (χ4n) is 2.62. The van der Waals surface area contributed by atoms with Crippen LogP contribution in [0.2, 0.25) is 0 Å². The van der Waals surface area contributed by atoms with Crippen molar-refractivity contribution in [3.8, 4) is 11.8 Å². The van der Waals surface area contributed by atoms with Crippen molar-refractivity contribution >= 4 is 5.78 Å². The predicted octanol–water partition coefficient (Wildman–Crippen LogP) is 2.03. The standard InChI is InChI=1S/C14H20N2O4/c1-18-10-9-15-11(13(16-10)19-2)12(17)14(20-3)7-5-4-6-8-14/h9H,4-8H2,1-3H3. The fourth-order valence-corrected chi connectivity index (χ4v) is 2.62. The van der Waals surface area contributed by atoms with Crippen molar-refractivity contribution < 1.29 is 19.0 Å². The van der Waals surface area contributed by atoms with Gasteiger partial charge in [0.25, 0.3) is 0 Å². The first-order valence-corrected chi connectivity index (χ1v) is 6.72. The van der Waals surface area contributed by atoms with Crippen LogP contribution >= 0.6 is 0 Å². The Morgan fingerprint density at radius 3 is 2.40 bits per heavy atom. The highest BCUT2D eigenvalue weighted by atomic mass is 16.5. The first kappa shape index (κ1) is 14.7. The summed E-state index contributed by atoms with van der Waals surface area (Å²) in [5.41, 5.74) is -0.591. The molecule has 0 spiro atoms. The lowest BCUT2D eigenvalue weighted by molar-refractivity contribution is -0.0200. The number of methoxy groups -OCH3 is 3. The molecule has 110 valence electrons. The topological polar surface area (TPSA) is 70.5 Å². The van der Waals surface area contributed by atoms with E-state index >= 15 is 0 Å². The maximum Gasteiger partial charge on any atom is 0.246 e. The number of hydrogen-bond donors (Lipinski definition) is 0. The molecule has 1 aliphatic carbocycles. The minimum absolute atomic E-state index is 0.160. The van der Waals surface area contributed by atoms with Gasteiger partial charge in [-0.15, -0.1) is 0 Å². The van der Waals surface area contributed by atoms with Crippen molar-refractivity contribution in [2.24, 2.45) is 0 Å². The van der Waals surface area contributed by atoms with Crippen LogP contribution in [0.5, 0.6) is 11.8 Å². The van der Waals surface area contributed by atoms with E-state index in [1.807, 2.05) is 0 Å². The molecule has 0 unspecified atom stereocenters. The zero-order chi connectivity index (χ0) is 14.6. The summed E-state index contributed by atoms with van der Waals surface area (Å²) in [5.74, 6) is 0.330. The molecule has 1 aliphatic rings. The van der Waals surface area contributed by atoms with Crippen molar-refractivity contribution in [3.63, 3.8) is 0 Å². The number of hydrogen-bond acceptors (Lipinski definition) is 6. The third-order valence-electron chi connectivity index (χ3n) is 3.80. The third kappa shape index (κ3) is 2.60. The average molecular weight is 280 g/mol. The van der Waals surface area contributed by atoms with Gasteiger partial charge < -0.3 is 14.2 Å². The minimum atomic E-state index is -0.797. The Balaban J connectivity index is 2.36. The molecule has 6 heteroatoms. The van der Waals surface area contributed by atoms with E-state index in [4.69, 9.17) is 14.2 Å². The zero-order valence-electron chi connectivity index (χ0n) is 12.1. The maximum absolute atomic E-state index is 12.8. The van der Waals surface area contributed by atoms with Gasteiger partial charge in [0.05, 0.1) is 20.4 Å². The number of carbonyl (C=O) groups excluding carboxylic acids is 1. The number of ether oxygens (including phenoxy) is 3. The number of aromatic nitrogens is 2. The lowest BCUT2D eigenvalue weighted by Crippen LogP contribution is -2.43. The lowest BCUT2D eigenvalue weighted by Gasteiger charge is -2.34. The van der Waals surface area contributed by atoms with Gasteiger partial charge in [-0.3, -0.25) is 4.79 Å². The van der Waals surface area contributed by atoms with E-state index < -0.39 is 5.60 Å². The van der Waals surface area contributed by atoms with Crippen molar-refractivity contribution in [1.29, 1.82) is 0 Å². The highest BCUT2D eigenvalue weighted by Gasteiger charge is 2.42. The number of rotatable bonds is 5. The van der Waals surface area contributed by atoms with Crippen LogP contribution in [0, 0.1) is 0 Å². The molecule has 0 saturated heterocycles. The second-order valence-electron chi connectivity index (χ2n) is 4.86. The van der Waals surface area contributed by atoms with E-state index in [1.54, 1.807) is 7.11 Å². The van der Waals surface area contributed by atoms with Crippen molar-refractivity contribution in [1.82, 2.24) is 9.97 Å². The molecule has 0 atom stereocenters. The maximum atomic E-state index is 12.8. The van der Waals surface area contributed by atoms with E-state index in [-0.39, 0.29) is 17.4 Å². The summed E-state index contributed by atoms with van der Waals surface area (Å²) in [4.78, 5) is 21.0. The van der Waals surface area contributed by atoms with Gasteiger partial charge in [0.1, 0.15) is 5.60 Å². The van der Waals surface area contributed by atoms with Gasteiger partial charge in [0, 0.05) is 7.11 Å². The van der Waals surface area contributed by atoms with Gasteiger partial charge in [-0.1, -0.05) is 19.3 Å². The summed E-state index contributed by atoms with van der Waals surface area (Å²) < 4.78 is 15.7.